The van der Waals surface area contributed by atoms with Crippen LogP contribution >= 0.6 is 11.3 Å². The number of benzene rings is 1. The molecule has 4 nitrogen and oxygen atoms in total. The summed E-state index contributed by atoms with van der Waals surface area (Å²) < 4.78 is 11.5. The molecular weight excluding hydrogens is 320 g/mol. The van der Waals surface area contributed by atoms with Gasteiger partial charge in [-0.2, -0.15) is 0 Å². The van der Waals surface area contributed by atoms with E-state index < -0.39 is 0 Å². The first-order valence-corrected chi connectivity index (χ1v) is 9.42. The second kappa shape index (κ2) is 6.75. The van der Waals surface area contributed by atoms with Gasteiger partial charge in [-0.25, -0.2) is 0 Å². The summed E-state index contributed by atoms with van der Waals surface area (Å²) in [5.74, 6) is 0.889. The SMILES string of the molecule is COc1ccc(N[C@H]2CO[C@@]3(CCN(Cc4cccs4)C3)C2)cc1. The molecule has 2 fully saturated rings. The predicted octanol–water partition coefficient (Wildman–Crippen LogP) is 3.60. The van der Waals surface area contributed by atoms with Gasteiger partial charge in [-0.1, -0.05) is 6.07 Å². The van der Waals surface area contributed by atoms with E-state index in [1.54, 1.807) is 7.11 Å². The van der Waals surface area contributed by atoms with Gasteiger partial charge in [0, 0.05) is 36.6 Å². The van der Waals surface area contributed by atoms with Crippen LogP contribution in [0.4, 0.5) is 5.69 Å². The molecule has 0 bridgehead atoms. The van der Waals surface area contributed by atoms with Gasteiger partial charge in [0.05, 0.1) is 25.4 Å². The van der Waals surface area contributed by atoms with Crippen molar-refractivity contribution in [2.45, 2.75) is 31.0 Å². The first-order valence-electron chi connectivity index (χ1n) is 8.54. The molecule has 1 aromatic heterocycles. The summed E-state index contributed by atoms with van der Waals surface area (Å²) in [7, 11) is 1.69. The van der Waals surface area contributed by atoms with E-state index in [0.717, 1.165) is 50.5 Å². The first-order chi connectivity index (χ1) is 11.7. The van der Waals surface area contributed by atoms with Crippen molar-refractivity contribution in [3.8, 4) is 5.75 Å². The molecule has 128 valence electrons. The number of likely N-dealkylation sites (tertiary alicyclic amines) is 1. The van der Waals surface area contributed by atoms with E-state index in [4.69, 9.17) is 9.47 Å². The second-order valence-electron chi connectivity index (χ2n) is 6.81. The van der Waals surface area contributed by atoms with Crippen LogP contribution in [0.2, 0.25) is 0 Å². The fourth-order valence-electron chi connectivity index (χ4n) is 3.83. The molecule has 4 rings (SSSR count). The number of rotatable bonds is 5. The monoisotopic (exact) mass is 344 g/mol. The highest BCUT2D eigenvalue weighted by Gasteiger charge is 2.45. The van der Waals surface area contributed by atoms with Crippen molar-refractivity contribution in [1.82, 2.24) is 4.90 Å². The quantitative estimate of drug-likeness (QED) is 0.898. The number of hydrogen-bond donors (Lipinski definition) is 1. The molecule has 0 radical (unpaired) electrons. The van der Waals surface area contributed by atoms with E-state index in [1.165, 1.54) is 4.88 Å². The van der Waals surface area contributed by atoms with Crippen LogP contribution in [-0.2, 0) is 11.3 Å². The Bertz CT molecular complexity index is 659. The van der Waals surface area contributed by atoms with Crippen LogP contribution < -0.4 is 10.1 Å². The average molecular weight is 344 g/mol. The summed E-state index contributed by atoms with van der Waals surface area (Å²) in [5.41, 5.74) is 1.18. The molecule has 1 N–H and O–H groups in total. The van der Waals surface area contributed by atoms with Crippen LogP contribution in [0, 0.1) is 0 Å². The number of nitrogens with zero attached hydrogens (tertiary/aromatic N) is 1. The summed E-state index contributed by atoms with van der Waals surface area (Å²) in [4.78, 5) is 3.97. The molecular formula is C19H24N2O2S. The lowest BCUT2D eigenvalue weighted by atomic mass is 9.97. The van der Waals surface area contributed by atoms with Crippen molar-refractivity contribution in [2.75, 3.05) is 32.1 Å². The summed E-state index contributed by atoms with van der Waals surface area (Å²) in [5, 5.41) is 5.76. The standard InChI is InChI=1S/C19H24N2O2S/c1-22-17-6-4-15(5-7-17)20-16-11-19(23-13-16)8-9-21(14-19)12-18-3-2-10-24-18/h2-7,10,16,20H,8-9,11-14H2,1H3/t16-,19+/m1/s1. The van der Waals surface area contributed by atoms with Crippen LogP contribution in [0.5, 0.6) is 5.75 Å². The van der Waals surface area contributed by atoms with Gasteiger partial charge in [-0.15, -0.1) is 11.3 Å². The Morgan fingerprint density at radius 3 is 2.96 bits per heavy atom. The van der Waals surface area contributed by atoms with Gasteiger partial charge in [0.2, 0.25) is 0 Å². The minimum atomic E-state index is 0.0431. The smallest absolute Gasteiger partial charge is 0.119 e. The molecule has 2 aromatic rings. The molecule has 5 heteroatoms. The summed E-state index contributed by atoms with van der Waals surface area (Å²) >= 11 is 1.84. The van der Waals surface area contributed by atoms with E-state index in [0.29, 0.717) is 6.04 Å². The summed E-state index contributed by atoms with van der Waals surface area (Å²) in [6.07, 6.45) is 2.22. The highest BCUT2D eigenvalue weighted by molar-refractivity contribution is 7.09. The maximum atomic E-state index is 6.26. The number of hydrogen-bond acceptors (Lipinski definition) is 5. The van der Waals surface area contributed by atoms with Crippen molar-refractivity contribution in [1.29, 1.82) is 0 Å². The molecule has 0 unspecified atom stereocenters. The van der Waals surface area contributed by atoms with Gasteiger partial charge in [-0.05, 0) is 42.1 Å². The molecule has 24 heavy (non-hydrogen) atoms. The highest BCUT2D eigenvalue weighted by Crippen LogP contribution is 2.37. The number of anilines is 1. The zero-order valence-electron chi connectivity index (χ0n) is 14.0. The maximum absolute atomic E-state index is 6.26. The van der Waals surface area contributed by atoms with Crippen molar-refractivity contribution in [3.63, 3.8) is 0 Å². The van der Waals surface area contributed by atoms with Gasteiger partial charge in [0.25, 0.3) is 0 Å². The van der Waals surface area contributed by atoms with Crippen molar-refractivity contribution in [2.24, 2.45) is 0 Å². The van der Waals surface area contributed by atoms with E-state index in [2.05, 4.69) is 39.9 Å². The van der Waals surface area contributed by atoms with Crippen LogP contribution in [0.3, 0.4) is 0 Å². The topological polar surface area (TPSA) is 33.7 Å². The van der Waals surface area contributed by atoms with E-state index in [1.807, 2.05) is 23.5 Å². The van der Waals surface area contributed by atoms with Crippen LogP contribution in [0.15, 0.2) is 41.8 Å². The van der Waals surface area contributed by atoms with E-state index in [-0.39, 0.29) is 5.60 Å². The van der Waals surface area contributed by atoms with Gasteiger partial charge in [0.15, 0.2) is 0 Å². The lowest BCUT2D eigenvalue weighted by molar-refractivity contribution is 0.0120. The van der Waals surface area contributed by atoms with Crippen molar-refractivity contribution >= 4 is 17.0 Å². The molecule has 2 aliphatic rings. The van der Waals surface area contributed by atoms with Crippen molar-refractivity contribution < 1.29 is 9.47 Å². The molecule has 2 saturated heterocycles. The van der Waals surface area contributed by atoms with Gasteiger partial charge >= 0.3 is 0 Å². The Labute approximate surface area is 147 Å². The fourth-order valence-corrected chi connectivity index (χ4v) is 4.58. The normalized spacial score (nSPS) is 27.0. The Morgan fingerprint density at radius 1 is 1.33 bits per heavy atom. The average Bonchev–Trinajstić information content (AvgIpc) is 3.33. The minimum Gasteiger partial charge on any atom is -0.497 e. The molecule has 3 heterocycles. The molecule has 1 aromatic carbocycles. The fraction of sp³-hybridized carbons (Fsp3) is 0.474. The Hall–Kier alpha value is -1.56. The highest BCUT2D eigenvalue weighted by atomic mass is 32.1. The third-order valence-electron chi connectivity index (χ3n) is 5.02. The molecule has 2 aliphatic heterocycles. The maximum Gasteiger partial charge on any atom is 0.119 e. The number of thiophene rings is 1. The van der Waals surface area contributed by atoms with Gasteiger partial charge < -0.3 is 14.8 Å². The predicted molar refractivity (Wildman–Crippen MR) is 97.9 cm³/mol. The van der Waals surface area contributed by atoms with Crippen LogP contribution in [-0.4, -0.2) is 43.3 Å². The molecule has 1 spiro atoms. The Kier molecular flexibility index (Phi) is 4.48. The molecule has 2 atom stereocenters. The van der Waals surface area contributed by atoms with E-state index in [9.17, 15) is 0 Å². The van der Waals surface area contributed by atoms with E-state index >= 15 is 0 Å². The molecule has 0 saturated carbocycles. The lowest BCUT2D eigenvalue weighted by Crippen LogP contribution is -2.33. The van der Waals surface area contributed by atoms with Crippen LogP contribution in [0.25, 0.3) is 0 Å². The molecule has 0 amide bonds. The van der Waals surface area contributed by atoms with Gasteiger partial charge in [-0.3, -0.25) is 4.90 Å². The lowest BCUT2D eigenvalue weighted by Gasteiger charge is -2.23. The Morgan fingerprint density at radius 2 is 2.21 bits per heavy atom. The van der Waals surface area contributed by atoms with Crippen molar-refractivity contribution in [3.05, 3.63) is 46.7 Å². The third kappa shape index (κ3) is 3.43. The Balaban J connectivity index is 1.32. The zero-order valence-corrected chi connectivity index (χ0v) is 14.8. The first kappa shape index (κ1) is 15.9. The number of ether oxygens (including phenoxy) is 2. The summed E-state index contributed by atoms with van der Waals surface area (Å²) in [6, 6.07) is 12.9. The molecule has 0 aliphatic carbocycles. The number of methoxy groups -OCH3 is 1. The third-order valence-corrected chi connectivity index (χ3v) is 5.89. The van der Waals surface area contributed by atoms with Crippen LogP contribution in [0.1, 0.15) is 17.7 Å². The minimum absolute atomic E-state index is 0.0431. The largest absolute Gasteiger partial charge is 0.497 e. The zero-order chi connectivity index (χ0) is 16.4. The summed E-state index contributed by atoms with van der Waals surface area (Å²) in [6.45, 7) is 4.02. The van der Waals surface area contributed by atoms with Gasteiger partial charge in [0.1, 0.15) is 5.75 Å². The second-order valence-corrected chi connectivity index (χ2v) is 7.84. The number of nitrogens with one attached hydrogen (secondary N) is 1.